The number of primary amides is 1. The monoisotopic (exact) mass is 520 g/mol. The van der Waals surface area contributed by atoms with E-state index in [2.05, 4.69) is 10.3 Å². The molecule has 196 valence electrons. The normalized spacial score (nSPS) is 18.3. The molecule has 10 heteroatoms. The van der Waals surface area contributed by atoms with Crippen molar-refractivity contribution >= 4 is 17.8 Å². The van der Waals surface area contributed by atoms with E-state index in [4.69, 9.17) is 10.5 Å². The molecule has 2 aliphatic rings. The number of halogens is 2. The zero-order valence-corrected chi connectivity index (χ0v) is 20.8. The largest absolute Gasteiger partial charge is 0.435 e. The molecule has 0 unspecified atom stereocenters. The highest BCUT2D eigenvalue weighted by atomic mass is 19.1. The van der Waals surface area contributed by atoms with Crippen molar-refractivity contribution in [2.75, 3.05) is 13.1 Å². The summed E-state index contributed by atoms with van der Waals surface area (Å²) in [6, 6.07) is 13.7. The minimum absolute atomic E-state index is 0.0488. The van der Waals surface area contributed by atoms with Crippen LogP contribution < -0.4 is 15.8 Å². The van der Waals surface area contributed by atoms with Gasteiger partial charge < -0.3 is 15.4 Å². The predicted octanol–water partition coefficient (Wildman–Crippen LogP) is 4.53. The summed E-state index contributed by atoms with van der Waals surface area (Å²) in [6.45, 7) is 3.75. The molecule has 1 saturated heterocycles. The van der Waals surface area contributed by atoms with Crippen molar-refractivity contribution in [3.63, 3.8) is 0 Å². The van der Waals surface area contributed by atoms with Crippen molar-refractivity contribution in [1.82, 2.24) is 15.2 Å². The quantitative estimate of drug-likeness (QED) is 0.525. The molecular weight excluding hydrogens is 494 g/mol. The van der Waals surface area contributed by atoms with Gasteiger partial charge in [-0.25, -0.2) is 18.6 Å². The topological polar surface area (TPSA) is 115 Å². The number of amides is 4. The van der Waals surface area contributed by atoms with E-state index in [0.29, 0.717) is 40.9 Å². The molecule has 1 aromatic heterocycles. The van der Waals surface area contributed by atoms with Crippen molar-refractivity contribution in [1.29, 1.82) is 0 Å². The summed E-state index contributed by atoms with van der Waals surface area (Å²) in [6.07, 6.45) is -0.655. The van der Waals surface area contributed by atoms with E-state index in [0.717, 1.165) is 0 Å². The molecular formula is C28H26F2N4O4. The number of rotatable bonds is 4. The highest BCUT2D eigenvalue weighted by Crippen LogP contribution is 2.52. The number of carbonyl (C=O) groups excluding carboxylic acids is 3. The Morgan fingerprint density at radius 3 is 2.47 bits per heavy atom. The zero-order chi connectivity index (χ0) is 27.2. The number of alkyl halides is 1. The van der Waals surface area contributed by atoms with Crippen LogP contribution in [0.5, 0.6) is 11.6 Å². The number of urea groups is 1. The number of carbonyl (C=O) groups is 3. The summed E-state index contributed by atoms with van der Waals surface area (Å²) in [5.74, 6) is -2.10. The van der Waals surface area contributed by atoms with Gasteiger partial charge in [-0.3, -0.25) is 14.9 Å². The molecule has 38 heavy (non-hydrogen) atoms. The van der Waals surface area contributed by atoms with E-state index in [9.17, 15) is 23.2 Å². The van der Waals surface area contributed by atoms with Gasteiger partial charge in [0.15, 0.2) is 11.6 Å². The van der Waals surface area contributed by atoms with E-state index >= 15 is 0 Å². The number of pyridine rings is 1. The zero-order valence-electron chi connectivity index (χ0n) is 20.8. The molecule has 8 nitrogen and oxygen atoms in total. The molecule has 0 saturated carbocycles. The average Bonchev–Trinajstić information content (AvgIpc) is 3.33. The average molecular weight is 521 g/mol. The molecule has 2 aliphatic heterocycles. The van der Waals surface area contributed by atoms with Gasteiger partial charge in [0.25, 0.3) is 5.91 Å². The number of nitrogens with zero attached hydrogens (tertiary/aromatic N) is 2. The molecule has 1 fully saturated rings. The maximum absolute atomic E-state index is 14.8. The van der Waals surface area contributed by atoms with E-state index < -0.39 is 35.3 Å². The minimum Gasteiger partial charge on any atom is -0.435 e. The molecule has 3 aromatic rings. The lowest BCUT2D eigenvalue weighted by Gasteiger charge is -2.37. The Morgan fingerprint density at radius 1 is 1.08 bits per heavy atom. The lowest BCUT2D eigenvalue weighted by molar-refractivity contribution is -0.128. The number of para-hydroxylation sites is 1. The minimum atomic E-state index is -1.23. The number of nitrogens with two attached hydrogens (primary N) is 1. The van der Waals surface area contributed by atoms with Crippen molar-refractivity contribution in [3.8, 4) is 22.9 Å². The van der Waals surface area contributed by atoms with Crippen LogP contribution >= 0.6 is 0 Å². The molecule has 4 amide bonds. The first-order valence-electron chi connectivity index (χ1n) is 12.2. The second-order valence-corrected chi connectivity index (χ2v) is 10.0. The van der Waals surface area contributed by atoms with Crippen molar-refractivity contribution in [2.45, 2.75) is 32.4 Å². The summed E-state index contributed by atoms with van der Waals surface area (Å²) in [4.78, 5) is 43.1. The van der Waals surface area contributed by atoms with E-state index in [1.807, 2.05) is 0 Å². The van der Waals surface area contributed by atoms with Gasteiger partial charge in [0.1, 0.15) is 6.17 Å². The van der Waals surface area contributed by atoms with Crippen LogP contribution in [0.25, 0.3) is 11.3 Å². The number of hydrogen-bond donors (Lipinski definition) is 2. The Morgan fingerprint density at radius 2 is 1.82 bits per heavy atom. The SMILES string of the molecule is CC(C)(C(=O)NC(N)=O)[C@@H]1c2ccc(-c3ccc(C(=O)N4CC[C@@H](F)C4)cc3)nc2Oc2c(F)cccc21. The predicted molar refractivity (Wildman–Crippen MR) is 135 cm³/mol. The fourth-order valence-electron chi connectivity index (χ4n) is 5.09. The third kappa shape index (κ3) is 4.46. The summed E-state index contributed by atoms with van der Waals surface area (Å²) in [7, 11) is 0. The molecule has 2 aromatic carbocycles. The number of imide groups is 1. The van der Waals surface area contributed by atoms with Gasteiger partial charge in [0.2, 0.25) is 11.8 Å². The van der Waals surface area contributed by atoms with Crippen LogP contribution in [0.15, 0.2) is 54.6 Å². The van der Waals surface area contributed by atoms with Gasteiger partial charge in [-0.05, 0) is 30.7 Å². The molecule has 0 spiro atoms. The second-order valence-electron chi connectivity index (χ2n) is 10.0. The summed E-state index contributed by atoms with van der Waals surface area (Å²) in [5.41, 5.74) is 6.56. The maximum Gasteiger partial charge on any atom is 0.318 e. The van der Waals surface area contributed by atoms with Crippen LogP contribution in [-0.4, -0.2) is 47.0 Å². The lowest BCUT2D eigenvalue weighted by atomic mass is 9.69. The van der Waals surface area contributed by atoms with Gasteiger partial charge in [0, 0.05) is 34.7 Å². The van der Waals surface area contributed by atoms with Crippen LogP contribution in [0.4, 0.5) is 13.6 Å². The Hall–Kier alpha value is -4.34. The van der Waals surface area contributed by atoms with Crippen molar-refractivity contribution in [3.05, 3.63) is 77.1 Å². The number of nitrogens with one attached hydrogen (secondary N) is 1. The van der Waals surface area contributed by atoms with Gasteiger partial charge in [0.05, 0.1) is 17.7 Å². The van der Waals surface area contributed by atoms with Gasteiger partial charge in [-0.2, -0.15) is 0 Å². The number of benzene rings is 2. The van der Waals surface area contributed by atoms with Crippen LogP contribution in [0.2, 0.25) is 0 Å². The Labute approximate surface area is 217 Å². The first kappa shape index (κ1) is 25.3. The van der Waals surface area contributed by atoms with E-state index in [1.54, 1.807) is 56.3 Å². The van der Waals surface area contributed by atoms with E-state index in [-0.39, 0.29) is 24.1 Å². The fraction of sp³-hybridized carbons (Fsp3) is 0.286. The van der Waals surface area contributed by atoms with Gasteiger partial charge >= 0.3 is 6.03 Å². The Bertz CT molecular complexity index is 1440. The summed E-state index contributed by atoms with van der Waals surface area (Å²) >= 11 is 0. The molecule has 5 rings (SSSR count). The third-order valence-corrected chi connectivity index (χ3v) is 7.10. The third-order valence-electron chi connectivity index (χ3n) is 7.10. The molecule has 0 aliphatic carbocycles. The standard InChI is InChI=1S/C28H26F2N4O4/c1-28(2,26(36)33-27(31)37)22-18-4-3-5-20(30)23(18)38-24-19(22)10-11-21(32-24)15-6-8-16(9-7-15)25(35)34-13-12-17(29)14-34/h3-11,17,22H,12-14H2,1-2H3,(H3,31,33,36,37)/t17-,22+/m1/s1. The van der Waals surface area contributed by atoms with Crippen LogP contribution in [0.1, 0.15) is 47.7 Å². The molecule has 3 heterocycles. The number of likely N-dealkylation sites (tertiary alicyclic amines) is 1. The van der Waals surface area contributed by atoms with Crippen molar-refractivity contribution in [2.24, 2.45) is 11.1 Å². The smallest absolute Gasteiger partial charge is 0.318 e. The summed E-state index contributed by atoms with van der Waals surface area (Å²) < 4.78 is 34.2. The fourth-order valence-corrected chi connectivity index (χ4v) is 5.09. The maximum atomic E-state index is 14.8. The van der Waals surface area contributed by atoms with Crippen molar-refractivity contribution < 1.29 is 27.9 Å². The first-order chi connectivity index (χ1) is 18.1. The Kier molecular flexibility index (Phi) is 6.34. The van der Waals surface area contributed by atoms with Gasteiger partial charge in [-0.1, -0.05) is 44.2 Å². The first-order valence-corrected chi connectivity index (χ1v) is 12.2. The number of hydrogen-bond acceptors (Lipinski definition) is 5. The molecule has 0 radical (unpaired) electrons. The van der Waals surface area contributed by atoms with Crippen LogP contribution in [0.3, 0.4) is 0 Å². The number of aromatic nitrogens is 1. The summed E-state index contributed by atoms with van der Waals surface area (Å²) in [5, 5.41) is 2.12. The highest BCUT2D eigenvalue weighted by Gasteiger charge is 2.45. The Balaban J connectivity index is 1.50. The van der Waals surface area contributed by atoms with Crippen LogP contribution in [-0.2, 0) is 4.79 Å². The van der Waals surface area contributed by atoms with E-state index in [1.165, 1.54) is 17.0 Å². The molecule has 3 N–H and O–H groups in total. The molecule has 0 bridgehead atoms. The molecule has 2 atom stereocenters. The number of fused-ring (bicyclic) bond motifs is 2. The van der Waals surface area contributed by atoms with Gasteiger partial charge in [-0.15, -0.1) is 0 Å². The number of ether oxygens (including phenoxy) is 1. The second kappa shape index (κ2) is 9.51. The van der Waals surface area contributed by atoms with Crippen LogP contribution in [0, 0.1) is 11.2 Å². The lowest BCUT2D eigenvalue weighted by Crippen LogP contribution is -2.46. The highest BCUT2D eigenvalue weighted by molar-refractivity contribution is 5.97.